The van der Waals surface area contributed by atoms with Crippen molar-refractivity contribution in [1.82, 2.24) is 5.32 Å². The van der Waals surface area contributed by atoms with Crippen LogP contribution in [0.15, 0.2) is 36.4 Å². The molecule has 0 radical (unpaired) electrons. The predicted octanol–water partition coefficient (Wildman–Crippen LogP) is 2.88. The molecular weight excluding hydrogens is 182 g/mol. The minimum atomic E-state index is 0.425. The second-order valence-corrected chi connectivity index (χ2v) is 4.46. The lowest BCUT2D eigenvalue weighted by Crippen LogP contribution is -2.31. The van der Waals surface area contributed by atoms with Crippen molar-refractivity contribution in [3.05, 3.63) is 47.5 Å². The van der Waals surface area contributed by atoms with Gasteiger partial charge in [0.2, 0.25) is 0 Å². The molecule has 2 unspecified atom stereocenters. The van der Waals surface area contributed by atoms with E-state index in [9.17, 15) is 0 Å². The molecule has 2 atom stereocenters. The van der Waals surface area contributed by atoms with Crippen LogP contribution in [-0.4, -0.2) is 13.1 Å². The lowest BCUT2D eigenvalue weighted by molar-refractivity contribution is 0.512. The number of hydrogen-bond acceptors (Lipinski definition) is 1. The number of aryl methyl sites for hydroxylation is 1. The largest absolute Gasteiger partial charge is 0.313 e. The van der Waals surface area contributed by atoms with Gasteiger partial charge in [-0.2, -0.15) is 0 Å². The van der Waals surface area contributed by atoms with E-state index in [2.05, 4.69) is 43.1 Å². The van der Waals surface area contributed by atoms with E-state index in [-0.39, 0.29) is 0 Å². The Bertz CT molecular complexity index is 367. The molecule has 1 aliphatic carbocycles. The summed E-state index contributed by atoms with van der Waals surface area (Å²) in [4.78, 5) is 0. The van der Waals surface area contributed by atoms with Crippen molar-refractivity contribution >= 4 is 0 Å². The van der Waals surface area contributed by atoms with Crippen molar-refractivity contribution in [2.24, 2.45) is 0 Å². The first kappa shape index (κ1) is 10.4. The van der Waals surface area contributed by atoms with Gasteiger partial charge in [0, 0.05) is 12.0 Å². The van der Waals surface area contributed by atoms with Gasteiger partial charge in [-0.1, -0.05) is 36.4 Å². The second kappa shape index (κ2) is 4.19. The van der Waals surface area contributed by atoms with Crippen molar-refractivity contribution in [3.63, 3.8) is 0 Å². The maximum absolute atomic E-state index is 4.08. The van der Waals surface area contributed by atoms with E-state index in [1.165, 1.54) is 29.5 Å². The van der Waals surface area contributed by atoms with Crippen LogP contribution in [0.2, 0.25) is 0 Å². The van der Waals surface area contributed by atoms with Gasteiger partial charge < -0.3 is 5.32 Å². The van der Waals surface area contributed by atoms with Gasteiger partial charge in [-0.05, 0) is 37.9 Å². The molecule has 1 N–H and O–H groups in total. The van der Waals surface area contributed by atoms with Crippen LogP contribution in [0, 0.1) is 0 Å². The first-order valence-corrected chi connectivity index (χ1v) is 5.64. The summed E-state index contributed by atoms with van der Waals surface area (Å²) >= 11 is 0. The van der Waals surface area contributed by atoms with Gasteiger partial charge >= 0.3 is 0 Å². The summed E-state index contributed by atoms with van der Waals surface area (Å²) in [5, 5.41) is 3.38. The van der Waals surface area contributed by atoms with Crippen molar-refractivity contribution in [2.75, 3.05) is 7.05 Å². The maximum Gasteiger partial charge on any atom is 0.0340 e. The molecule has 15 heavy (non-hydrogen) atoms. The van der Waals surface area contributed by atoms with Gasteiger partial charge in [0.15, 0.2) is 0 Å². The van der Waals surface area contributed by atoms with E-state index >= 15 is 0 Å². The summed E-state index contributed by atoms with van der Waals surface area (Å²) in [6.45, 7) is 6.19. The minimum Gasteiger partial charge on any atom is -0.313 e. The fourth-order valence-corrected chi connectivity index (χ4v) is 2.73. The molecule has 0 fully saturated rings. The van der Waals surface area contributed by atoms with Crippen LogP contribution in [0.3, 0.4) is 0 Å². The Labute approximate surface area is 92.2 Å². The molecule has 0 heterocycles. The number of hydrogen-bond donors (Lipinski definition) is 1. The summed E-state index contributed by atoms with van der Waals surface area (Å²) in [6.07, 6.45) is 2.46. The van der Waals surface area contributed by atoms with E-state index in [4.69, 9.17) is 0 Å². The average molecular weight is 201 g/mol. The number of rotatable bonds is 3. The highest BCUT2D eigenvalue weighted by atomic mass is 14.9. The third-order valence-corrected chi connectivity index (χ3v) is 3.42. The zero-order valence-corrected chi connectivity index (χ0v) is 9.59. The van der Waals surface area contributed by atoms with Crippen LogP contribution < -0.4 is 5.32 Å². The van der Waals surface area contributed by atoms with Crippen LogP contribution in [-0.2, 0) is 6.42 Å². The summed E-state index contributed by atoms with van der Waals surface area (Å²) < 4.78 is 0. The molecule has 80 valence electrons. The predicted molar refractivity (Wildman–Crippen MR) is 65.2 cm³/mol. The van der Waals surface area contributed by atoms with Crippen molar-refractivity contribution < 1.29 is 0 Å². The van der Waals surface area contributed by atoms with E-state index in [1.807, 2.05) is 7.05 Å². The molecule has 1 aromatic carbocycles. The molecular formula is C14H19N. The Balaban J connectivity index is 2.30. The van der Waals surface area contributed by atoms with Crippen LogP contribution in [0.1, 0.15) is 30.4 Å². The van der Waals surface area contributed by atoms with Crippen LogP contribution in [0.5, 0.6) is 0 Å². The number of benzene rings is 1. The van der Waals surface area contributed by atoms with Gasteiger partial charge in [0.25, 0.3) is 0 Å². The van der Waals surface area contributed by atoms with Gasteiger partial charge in [-0.25, -0.2) is 0 Å². The topological polar surface area (TPSA) is 12.0 Å². The number of fused-ring (bicyclic) bond motifs is 1. The molecule has 1 aromatic rings. The first-order valence-electron chi connectivity index (χ1n) is 5.64. The Morgan fingerprint density at radius 2 is 2.20 bits per heavy atom. The van der Waals surface area contributed by atoms with E-state index in [0.717, 1.165) is 0 Å². The Morgan fingerprint density at radius 1 is 1.47 bits per heavy atom. The van der Waals surface area contributed by atoms with Gasteiger partial charge in [-0.15, -0.1) is 0 Å². The van der Waals surface area contributed by atoms with Gasteiger partial charge in [-0.3, -0.25) is 0 Å². The third-order valence-electron chi connectivity index (χ3n) is 3.42. The summed E-state index contributed by atoms with van der Waals surface area (Å²) in [5.41, 5.74) is 4.27. The maximum atomic E-state index is 4.08. The highest BCUT2D eigenvalue weighted by Crippen LogP contribution is 2.36. The number of nitrogens with one attached hydrogen (secondary N) is 1. The molecule has 0 saturated carbocycles. The van der Waals surface area contributed by atoms with Gasteiger partial charge in [0.1, 0.15) is 0 Å². The lowest BCUT2D eigenvalue weighted by atomic mass is 9.89. The molecule has 1 heteroatoms. The Hall–Kier alpha value is -1.08. The lowest BCUT2D eigenvalue weighted by Gasteiger charge is -2.24. The van der Waals surface area contributed by atoms with Gasteiger partial charge in [0.05, 0.1) is 0 Å². The van der Waals surface area contributed by atoms with Crippen LogP contribution >= 0.6 is 0 Å². The zero-order chi connectivity index (χ0) is 10.8. The molecule has 0 spiro atoms. The summed E-state index contributed by atoms with van der Waals surface area (Å²) in [5.74, 6) is 0.615. The Kier molecular flexibility index (Phi) is 2.92. The van der Waals surface area contributed by atoms with Crippen LogP contribution in [0.25, 0.3) is 0 Å². The number of likely N-dealkylation sites (N-methyl/N-ethyl adjacent to an activating group) is 1. The van der Waals surface area contributed by atoms with E-state index in [1.54, 1.807) is 0 Å². The van der Waals surface area contributed by atoms with Crippen molar-refractivity contribution in [1.29, 1.82) is 0 Å². The normalized spacial score (nSPS) is 21.1. The van der Waals surface area contributed by atoms with Crippen molar-refractivity contribution in [2.45, 2.75) is 31.7 Å². The molecule has 1 nitrogen and oxygen atoms in total. The smallest absolute Gasteiger partial charge is 0.0340 e. The average Bonchev–Trinajstić information content (AvgIpc) is 2.63. The minimum absolute atomic E-state index is 0.425. The Morgan fingerprint density at radius 3 is 2.87 bits per heavy atom. The van der Waals surface area contributed by atoms with Crippen LogP contribution in [0.4, 0.5) is 0 Å². The highest BCUT2D eigenvalue weighted by Gasteiger charge is 2.28. The molecule has 0 saturated heterocycles. The molecule has 2 rings (SSSR count). The first-order chi connectivity index (χ1) is 7.24. The molecule has 0 aliphatic heterocycles. The fraction of sp³-hybridized carbons (Fsp3) is 0.429. The molecule has 0 bridgehead atoms. The molecule has 0 amide bonds. The molecule has 0 aromatic heterocycles. The van der Waals surface area contributed by atoms with Crippen molar-refractivity contribution in [3.8, 4) is 0 Å². The standard InChI is InChI=1S/C14H19N/c1-10(2)14(15-3)13-9-8-11-6-4-5-7-12(11)13/h4-7,13-15H,1,8-9H2,2-3H3. The second-order valence-electron chi connectivity index (χ2n) is 4.46. The SMILES string of the molecule is C=C(C)C(NC)C1CCc2ccccc21. The summed E-state index contributed by atoms with van der Waals surface area (Å²) in [6, 6.07) is 9.22. The fourth-order valence-electron chi connectivity index (χ4n) is 2.73. The quantitative estimate of drug-likeness (QED) is 0.741. The third kappa shape index (κ3) is 1.84. The zero-order valence-electron chi connectivity index (χ0n) is 9.59. The van der Waals surface area contributed by atoms with E-state index < -0.39 is 0 Å². The van der Waals surface area contributed by atoms with E-state index in [0.29, 0.717) is 12.0 Å². The summed E-state index contributed by atoms with van der Waals surface area (Å²) in [7, 11) is 2.03. The monoisotopic (exact) mass is 201 g/mol. The highest BCUT2D eigenvalue weighted by molar-refractivity contribution is 5.37. The molecule has 1 aliphatic rings.